The van der Waals surface area contributed by atoms with Gasteiger partial charge in [0.1, 0.15) is 11.2 Å². The molecular formula is C25H27N2+. The standard InChI is InChI=1S/C25H27N2/c1-6-24(4)20-14-10-13-18-17-11-8-9-12-19(17)22-23(21(18)20)27(15-16(3)26-22)25(24,5)7-2/h8-15H,6-7H2,1-5H3/q+1. The van der Waals surface area contributed by atoms with Crippen LogP contribution in [0.5, 0.6) is 0 Å². The van der Waals surface area contributed by atoms with E-state index in [1.165, 1.54) is 32.6 Å². The van der Waals surface area contributed by atoms with Crippen LogP contribution in [0.2, 0.25) is 0 Å². The van der Waals surface area contributed by atoms with Crippen molar-refractivity contribution in [3.05, 3.63) is 59.9 Å². The summed E-state index contributed by atoms with van der Waals surface area (Å²) in [7, 11) is 0. The highest BCUT2D eigenvalue weighted by atomic mass is 15.1. The van der Waals surface area contributed by atoms with Gasteiger partial charge >= 0.3 is 0 Å². The molecule has 0 bridgehead atoms. The largest absolute Gasteiger partial charge is 0.240 e. The lowest BCUT2D eigenvalue weighted by molar-refractivity contribution is -0.751. The number of aryl methyl sites for hydroxylation is 1. The van der Waals surface area contributed by atoms with Gasteiger partial charge in [-0.2, -0.15) is 4.57 Å². The van der Waals surface area contributed by atoms with Crippen LogP contribution in [0, 0.1) is 6.92 Å². The van der Waals surface area contributed by atoms with Crippen molar-refractivity contribution in [2.75, 3.05) is 0 Å². The Morgan fingerprint density at radius 1 is 0.889 bits per heavy atom. The molecule has 1 aliphatic rings. The molecule has 0 N–H and O–H groups in total. The molecular weight excluding hydrogens is 328 g/mol. The van der Waals surface area contributed by atoms with Gasteiger partial charge in [-0.05, 0) is 36.6 Å². The molecule has 1 aromatic heterocycles. The lowest BCUT2D eigenvalue weighted by Gasteiger charge is -2.45. The average molecular weight is 356 g/mol. The lowest BCUT2D eigenvalue weighted by Crippen LogP contribution is -2.66. The van der Waals surface area contributed by atoms with Gasteiger partial charge in [-0.3, -0.25) is 0 Å². The minimum absolute atomic E-state index is 0.0113. The minimum Gasteiger partial charge on any atom is -0.240 e. The molecule has 0 spiro atoms. The molecule has 0 saturated carbocycles. The van der Waals surface area contributed by atoms with E-state index in [1.807, 2.05) is 0 Å². The predicted molar refractivity (Wildman–Crippen MR) is 113 cm³/mol. The number of rotatable bonds is 2. The molecule has 0 radical (unpaired) electrons. The van der Waals surface area contributed by atoms with Crippen LogP contribution in [-0.4, -0.2) is 4.98 Å². The first-order chi connectivity index (χ1) is 13.0. The summed E-state index contributed by atoms with van der Waals surface area (Å²) in [5.74, 6) is 0. The highest BCUT2D eigenvalue weighted by Crippen LogP contribution is 2.50. The maximum absolute atomic E-state index is 5.04. The first-order valence-electron chi connectivity index (χ1n) is 10.1. The fourth-order valence-electron chi connectivity index (χ4n) is 5.54. The van der Waals surface area contributed by atoms with E-state index in [1.54, 1.807) is 0 Å². The maximum atomic E-state index is 5.04. The summed E-state index contributed by atoms with van der Waals surface area (Å²) in [6, 6.07) is 15.6. The Labute approximate surface area is 160 Å². The zero-order chi connectivity index (χ0) is 19.0. The molecule has 3 aromatic carbocycles. The summed E-state index contributed by atoms with van der Waals surface area (Å²) in [5.41, 5.74) is 5.10. The molecule has 0 aliphatic carbocycles. The van der Waals surface area contributed by atoms with E-state index < -0.39 is 0 Å². The van der Waals surface area contributed by atoms with Crippen molar-refractivity contribution in [1.82, 2.24) is 4.98 Å². The summed E-state index contributed by atoms with van der Waals surface area (Å²) in [6.07, 6.45) is 4.48. The Balaban J connectivity index is 2.20. The van der Waals surface area contributed by atoms with Crippen molar-refractivity contribution < 1.29 is 4.57 Å². The monoisotopic (exact) mass is 355 g/mol. The topological polar surface area (TPSA) is 16.8 Å². The van der Waals surface area contributed by atoms with Gasteiger partial charge in [-0.1, -0.05) is 56.3 Å². The van der Waals surface area contributed by atoms with Gasteiger partial charge in [-0.25, -0.2) is 4.98 Å². The Morgan fingerprint density at radius 3 is 2.30 bits per heavy atom. The highest BCUT2D eigenvalue weighted by molar-refractivity contribution is 6.23. The smallest absolute Gasteiger partial charge is 0.240 e. The van der Waals surface area contributed by atoms with Crippen molar-refractivity contribution in [3.8, 4) is 0 Å². The molecule has 0 fully saturated rings. The van der Waals surface area contributed by atoms with Crippen LogP contribution >= 0.6 is 0 Å². The minimum atomic E-state index is 0.0113. The number of hydrogen-bond acceptors (Lipinski definition) is 1. The van der Waals surface area contributed by atoms with E-state index >= 15 is 0 Å². The molecule has 0 saturated heterocycles. The molecule has 2 nitrogen and oxygen atoms in total. The third kappa shape index (κ3) is 1.81. The molecule has 27 heavy (non-hydrogen) atoms. The third-order valence-corrected chi connectivity index (χ3v) is 7.55. The second-order valence-corrected chi connectivity index (χ2v) is 8.54. The van der Waals surface area contributed by atoms with Crippen LogP contribution in [0.4, 0.5) is 0 Å². The van der Waals surface area contributed by atoms with E-state index in [-0.39, 0.29) is 11.0 Å². The zero-order valence-corrected chi connectivity index (χ0v) is 16.9. The number of aromatic nitrogens is 2. The second kappa shape index (κ2) is 5.28. The van der Waals surface area contributed by atoms with E-state index in [0.717, 1.165) is 24.1 Å². The second-order valence-electron chi connectivity index (χ2n) is 8.54. The predicted octanol–water partition coefficient (Wildman–Crippen LogP) is 5.94. The molecule has 136 valence electrons. The zero-order valence-electron chi connectivity index (χ0n) is 16.9. The van der Waals surface area contributed by atoms with Gasteiger partial charge in [-0.15, -0.1) is 0 Å². The Bertz CT molecular complexity index is 1240. The summed E-state index contributed by atoms with van der Waals surface area (Å²) < 4.78 is 2.57. The quantitative estimate of drug-likeness (QED) is 0.321. The summed E-state index contributed by atoms with van der Waals surface area (Å²) >= 11 is 0. The van der Waals surface area contributed by atoms with Gasteiger partial charge in [0.25, 0.3) is 0 Å². The van der Waals surface area contributed by atoms with Crippen LogP contribution in [-0.2, 0) is 11.0 Å². The first kappa shape index (κ1) is 16.7. The SMILES string of the molecule is CCC1(C)c2cccc3c4ccccc4c4nc(C)c[n+](c4c23)C1(C)CC. The fraction of sp³-hybridized carbons (Fsp3) is 0.360. The summed E-state index contributed by atoms with van der Waals surface area (Å²) in [6.45, 7) is 11.7. The summed E-state index contributed by atoms with van der Waals surface area (Å²) in [5, 5.41) is 5.32. The lowest BCUT2D eigenvalue weighted by atomic mass is 9.61. The van der Waals surface area contributed by atoms with Crippen molar-refractivity contribution >= 4 is 32.6 Å². The van der Waals surface area contributed by atoms with E-state index in [0.29, 0.717) is 0 Å². The van der Waals surface area contributed by atoms with Gasteiger partial charge in [0, 0.05) is 18.7 Å². The molecule has 1 aliphatic heterocycles. The molecule has 2 heteroatoms. The molecule has 5 rings (SSSR count). The van der Waals surface area contributed by atoms with Crippen molar-refractivity contribution in [2.45, 2.75) is 58.4 Å². The van der Waals surface area contributed by atoms with Crippen LogP contribution in [0.25, 0.3) is 32.6 Å². The number of benzene rings is 3. The fourth-order valence-corrected chi connectivity index (χ4v) is 5.54. The van der Waals surface area contributed by atoms with Gasteiger partial charge < -0.3 is 0 Å². The molecule has 2 atom stereocenters. The molecule has 0 amide bonds. The van der Waals surface area contributed by atoms with Gasteiger partial charge in [0.2, 0.25) is 5.52 Å². The normalized spacial score (nSPS) is 24.3. The van der Waals surface area contributed by atoms with Gasteiger partial charge in [0.05, 0.1) is 10.8 Å². The van der Waals surface area contributed by atoms with Crippen molar-refractivity contribution in [1.29, 1.82) is 0 Å². The molecule has 2 heterocycles. The van der Waals surface area contributed by atoms with Crippen LogP contribution in [0.3, 0.4) is 0 Å². The number of hydrogen-bond donors (Lipinski definition) is 0. The molecule has 4 aromatic rings. The third-order valence-electron chi connectivity index (χ3n) is 7.55. The number of fused-ring (bicyclic) bond motifs is 3. The first-order valence-corrected chi connectivity index (χ1v) is 10.1. The Kier molecular flexibility index (Phi) is 3.26. The van der Waals surface area contributed by atoms with Crippen molar-refractivity contribution in [2.24, 2.45) is 0 Å². The van der Waals surface area contributed by atoms with Crippen molar-refractivity contribution in [3.63, 3.8) is 0 Å². The molecule has 2 unspecified atom stereocenters. The van der Waals surface area contributed by atoms with E-state index in [4.69, 9.17) is 4.98 Å². The van der Waals surface area contributed by atoms with Crippen LogP contribution < -0.4 is 4.57 Å². The Morgan fingerprint density at radius 2 is 1.59 bits per heavy atom. The highest BCUT2D eigenvalue weighted by Gasteiger charge is 2.55. The van der Waals surface area contributed by atoms with Crippen LogP contribution in [0.1, 0.15) is 51.8 Å². The van der Waals surface area contributed by atoms with Crippen LogP contribution in [0.15, 0.2) is 48.7 Å². The average Bonchev–Trinajstić information content (AvgIpc) is 2.70. The summed E-state index contributed by atoms with van der Waals surface area (Å²) in [4.78, 5) is 5.04. The van der Waals surface area contributed by atoms with E-state index in [9.17, 15) is 0 Å². The van der Waals surface area contributed by atoms with E-state index in [2.05, 4.69) is 87.8 Å². The number of nitrogens with zero attached hydrogens (tertiary/aromatic N) is 2. The Hall–Kier alpha value is -2.48. The maximum Gasteiger partial charge on any atom is 0.240 e. The van der Waals surface area contributed by atoms with Gasteiger partial charge in [0.15, 0.2) is 11.7 Å².